The molecule has 180 valence electrons. The molecule has 3 amide bonds. The summed E-state index contributed by atoms with van der Waals surface area (Å²) in [7, 11) is 0. The Morgan fingerprint density at radius 1 is 0.914 bits per heavy atom. The highest BCUT2D eigenvalue weighted by molar-refractivity contribution is 6.03. The molecule has 0 radical (unpaired) electrons. The van der Waals surface area contributed by atoms with Gasteiger partial charge in [0.25, 0.3) is 5.91 Å². The minimum atomic E-state index is -1.19. The van der Waals surface area contributed by atoms with Crippen LogP contribution in [0.5, 0.6) is 5.75 Å². The van der Waals surface area contributed by atoms with Crippen molar-refractivity contribution in [3.63, 3.8) is 0 Å². The third-order valence-electron chi connectivity index (χ3n) is 5.82. The van der Waals surface area contributed by atoms with Crippen LogP contribution in [0, 0.1) is 0 Å². The van der Waals surface area contributed by atoms with Gasteiger partial charge in [-0.05, 0) is 35.9 Å². The van der Waals surface area contributed by atoms with Crippen LogP contribution >= 0.6 is 0 Å². The van der Waals surface area contributed by atoms with Crippen molar-refractivity contribution in [2.45, 2.75) is 25.5 Å². The third kappa shape index (κ3) is 6.38. The minimum absolute atomic E-state index is 0.00710. The molecule has 1 aliphatic rings. The van der Waals surface area contributed by atoms with E-state index >= 15 is 0 Å². The van der Waals surface area contributed by atoms with Crippen LogP contribution in [0.1, 0.15) is 39.1 Å². The Hall–Kier alpha value is -4.33. The topological polar surface area (TPSA) is 108 Å². The summed E-state index contributed by atoms with van der Waals surface area (Å²) in [6.45, 7) is 1.29. The number of piperidine rings is 1. The van der Waals surface area contributed by atoms with Crippen molar-refractivity contribution in [3.8, 4) is 5.75 Å². The molecule has 8 nitrogen and oxygen atoms in total. The number of ether oxygens (including phenoxy) is 1. The average molecular weight is 474 g/mol. The van der Waals surface area contributed by atoms with Gasteiger partial charge < -0.3 is 25.4 Å². The fourth-order valence-electron chi connectivity index (χ4n) is 3.92. The lowest BCUT2D eigenvalue weighted by atomic mass is 10.1. The molecule has 0 aromatic heterocycles. The number of carbonyl (C=O) groups is 3. The summed E-state index contributed by atoms with van der Waals surface area (Å²) < 4.78 is 5.97. The van der Waals surface area contributed by atoms with E-state index in [0.717, 1.165) is 11.3 Å². The quantitative estimate of drug-likeness (QED) is 0.472. The molecule has 4 rings (SSSR count). The van der Waals surface area contributed by atoms with Gasteiger partial charge in [-0.2, -0.15) is 0 Å². The predicted octanol–water partition coefficient (Wildman–Crippen LogP) is 4.39. The lowest BCUT2D eigenvalue weighted by Gasteiger charge is -2.32. The molecule has 0 bridgehead atoms. The molecule has 3 aromatic rings. The second-order valence-corrected chi connectivity index (χ2v) is 8.28. The molecule has 1 fully saturated rings. The maximum atomic E-state index is 12.9. The first-order chi connectivity index (χ1) is 17.0. The number of likely N-dealkylation sites (tertiary alicyclic amines) is 1. The number of carbonyl (C=O) groups excluding carboxylic acids is 2. The molecule has 35 heavy (non-hydrogen) atoms. The zero-order valence-electron chi connectivity index (χ0n) is 19.1. The lowest BCUT2D eigenvalue weighted by molar-refractivity contribution is 0.0697. The summed E-state index contributed by atoms with van der Waals surface area (Å²) in [6.07, 6.45) is 1.33. The smallest absolute Gasteiger partial charge is 0.337 e. The Kier molecular flexibility index (Phi) is 7.62. The average Bonchev–Trinajstić information content (AvgIpc) is 2.88. The molecule has 0 saturated carbocycles. The largest absolute Gasteiger partial charge is 0.490 e. The number of carboxylic acid groups (broad SMARTS) is 1. The second-order valence-electron chi connectivity index (χ2n) is 8.28. The van der Waals surface area contributed by atoms with Gasteiger partial charge in [0.2, 0.25) is 0 Å². The zero-order valence-corrected chi connectivity index (χ0v) is 19.1. The van der Waals surface area contributed by atoms with Crippen molar-refractivity contribution in [2.75, 3.05) is 18.4 Å². The number of anilines is 1. The van der Waals surface area contributed by atoms with Crippen LogP contribution in [-0.4, -0.2) is 47.1 Å². The van der Waals surface area contributed by atoms with Gasteiger partial charge in [-0.3, -0.25) is 4.79 Å². The number of urea groups is 1. The molecule has 0 aliphatic carbocycles. The maximum absolute atomic E-state index is 12.9. The van der Waals surface area contributed by atoms with Crippen LogP contribution in [0.15, 0.2) is 78.9 Å². The van der Waals surface area contributed by atoms with E-state index in [0.29, 0.717) is 32.5 Å². The highest BCUT2D eigenvalue weighted by Gasteiger charge is 2.25. The minimum Gasteiger partial charge on any atom is -0.490 e. The van der Waals surface area contributed by atoms with Gasteiger partial charge in [-0.15, -0.1) is 0 Å². The van der Waals surface area contributed by atoms with Crippen molar-refractivity contribution in [3.05, 3.63) is 95.6 Å². The Balaban J connectivity index is 1.37. The van der Waals surface area contributed by atoms with Crippen molar-refractivity contribution < 1.29 is 24.2 Å². The summed E-state index contributed by atoms with van der Waals surface area (Å²) in [5, 5.41) is 15.1. The molecule has 8 heteroatoms. The Bertz CT molecular complexity index is 1180. The van der Waals surface area contributed by atoms with E-state index < -0.39 is 12.0 Å². The van der Waals surface area contributed by atoms with E-state index in [-0.39, 0.29) is 28.8 Å². The monoisotopic (exact) mass is 473 g/mol. The molecule has 0 spiro atoms. The van der Waals surface area contributed by atoms with E-state index in [1.807, 2.05) is 60.7 Å². The number of nitrogens with one attached hydrogen (secondary N) is 2. The lowest BCUT2D eigenvalue weighted by Crippen LogP contribution is -2.44. The molecular formula is C27H27N3O5. The van der Waals surface area contributed by atoms with Crippen LogP contribution in [0.2, 0.25) is 0 Å². The number of carboxylic acids is 1. The first-order valence-corrected chi connectivity index (χ1v) is 11.5. The Morgan fingerprint density at radius 2 is 1.57 bits per heavy atom. The van der Waals surface area contributed by atoms with Gasteiger partial charge >= 0.3 is 12.0 Å². The van der Waals surface area contributed by atoms with Crippen LogP contribution < -0.4 is 15.4 Å². The van der Waals surface area contributed by atoms with Crippen molar-refractivity contribution in [2.24, 2.45) is 0 Å². The summed E-state index contributed by atoms with van der Waals surface area (Å²) >= 11 is 0. The summed E-state index contributed by atoms with van der Waals surface area (Å²) in [6, 6.07) is 22.7. The molecule has 1 aliphatic heterocycles. The Morgan fingerprint density at radius 3 is 2.23 bits per heavy atom. The van der Waals surface area contributed by atoms with Gasteiger partial charge in [0.15, 0.2) is 0 Å². The highest BCUT2D eigenvalue weighted by atomic mass is 16.5. The SMILES string of the molecule is O=C(NCc1ccccc1)c1ccc(C(=O)O)c(NC(=O)N2CCC(Oc3ccccc3)CC2)c1. The summed E-state index contributed by atoms with van der Waals surface area (Å²) in [5.74, 6) is -0.754. The van der Waals surface area contributed by atoms with Crippen molar-refractivity contribution in [1.82, 2.24) is 10.2 Å². The van der Waals surface area contributed by atoms with E-state index in [4.69, 9.17) is 4.74 Å². The number of nitrogens with zero attached hydrogens (tertiary/aromatic N) is 1. The van der Waals surface area contributed by atoms with Crippen molar-refractivity contribution in [1.29, 1.82) is 0 Å². The normalized spacial score (nSPS) is 13.7. The standard InChI is InChI=1S/C27H27N3O5/c31-25(28-18-19-7-3-1-4-8-19)20-11-12-23(26(32)33)24(17-20)29-27(34)30-15-13-22(14-16-30)35-21-9-5-2-6-10-21/h1-12,17,22H,13-16,18H2,(H,28,31)(H,29,34)(H,32,33). The number of aromatic carboxylic acids is 1. The number of para-hydroxylation sites is 1. The fourth-order valence-corrected chi connectivity index (χ4v) is 3.92. The molecule has 1 saturated heterocycles. The van der Waals surface area contributed by atoms with Crippen LogP contribution in [0.3, 0.4) is 0 Å². The second kappa shape index (κ2) is 11.2. The van der Waals surface area contributed by atoms with Gasteiger partial charge in [0, 0.05) is 38.0 Å². The van der Waals surface area contributed by atoms with E-state index in [1.165, 1.54) is 18.2 Å². The maximum Gasteiger partial charge on any atom is 0.337 e. The van der Waals surface area contributed by atoms with Crippen molar-refractivity contribution >= 4 is 23.6 Å². The van der Waals surface area contributed by atoms with Gasteiger partial charge in [0.1, 0.15) is 11.9 Å². The molecule has 0 unspecified atom stereocenters. The molecule has 3 aromatic carbocycles. The van der Waals surface area contributed by atoms with Crippen LogP contribution in [0.25, 0.3) is 0 Å². The first kappa shape index (κ1) is 23.8. The van der Waals surface area contributed by atoms with Crippen LogP contribution in [0.4, 0.5) is 10.5 Å². The van der Waals surface area contributed by atoms with Crippen LogP contribution in [-0.2, 0) is 6.54 Å². The number of rotatable bonds is 7. The summed E-state index contributed by atoms with van der Waals surface area (Å²) in [5.41, 5.74) is 1.20. The fraction of sp³-hybridized carbons (Fsp3) is 0.222. The Labute approximate surface area is 203 Å². The highest BCUT2D eigenvalue weighted by Crippen LogP contribution is 2.22. The van der Waals surface area contributed by atoms with E-state index in [9.17, 15) is 19.5 Å². The van der Waals surface area contributed by atoms with Gasteiger partial charge in [-0.25, -0.2) is 9.59 Å². The molecule has 0 atom stereocenters. The summed E-state index contributed by atoms with van der Waals surface area (Å²) in [4.78, 5) is 38.8. The number of benzene rings is 3. The van der Waals surface area contributed by atoms with E-state index in [2.05, 4.69) is 10.6 Å². The van der Waals surface area contributed by atoms with Gasteiger partial charge in [-0.1, -0.05) is 48.5 Å². The molecule has 1 heterocycles. The first-order valence-electron chi connectivity index (χ1n) is 11.5. The third-order valence-corrected chi connectivity index (χ3v) is 5.82. The number of amides is 3. The number of hydrogen-bond acceptors (Lipinski definition) is 4. The molecular weight excluding hydrogens is 446 g/mol. The van der Waals surface area contributed by atoms with Gasteiger partial charge in [0.05, 0.1) is 11.3 Å². The number of hydrogen-bond donors (Lipinski definition) is 3. The van der Waals surface area contributed by atoms with E-state index in [1.54, 1.807) is 4.90 Å². The predicted molar refractivity (Wildman–Crippen MR) is 132 cm³/mol. The molecule has 3 N–H and O–H groups in total. The zero-order chi connectivity index (χ0) is 24.6.